The van der Waals surface area contributed by atoms with Gasteiger partial charge in [-0.05, 0) is 19.5 Å². The van der Waals surface area contributed by atoms with E-state index in [9.17, 15) is 0 Å². The van der Waals surface area contributed by atoms with Gasteiger partial charge in [-0.2, -0.15) is 5.26 Å². The summed E-state index contributed by atoms with van der Waals surface area (Å²) in [4.78, 5) is 4.79. The molecule has 14 heavy (non-hydrogen) atoms. The van der Waals surface area contributed by atoms with E-state index in [1.54, 1.807) is 0 Å². The third-order valence-corrected chi connectivity index (χ3v) is 3.04. The lowest BCUT2D eigenvalue weighted by molar-refractivity contribution is 0.214. The molecule has 1 fully saturated rings. The van der Waals surface area contributed by atoms with Gasteiger partial charge >= 0.3 is 0 Å². The van der Waals surface area contributed by atoms with Crippen LogP contribution in [0.25, 0.3) is 0 Å². The normalized spacial score (nSPS) is 31.0. The maximum Gasteiger partial charge on any atom is 0.0638 e. The van der Waals surface area contributed by atoms with Crippen molar-refractivity contribution < 1.29 is 0 Å². The molecule has 0 bridgehead atoms. The molecule has 1 aliphatic heterocycles. The monoisotopic (exact) mass is 195 g/mol. The molecule has 0 aliphatic carbocycles. The van der Waals surface area contributed by atoms with Crippen LogP contribution in [-0.2, 0) is 0 Å². The van der Waals surface area contributed by atoms with Crippen LogP contribution >= 0.6 is 0 Å². The lowest BCUT2D eigenvalue weighted by Crippen LogP contribution is -2.38. The molecule has 2 atom stereocenters. The molecule has 0 saturated carbocycles. The molecular weight excluding hydrogens is 174 g/mol. The van der Waals surface area contributed by atoms with E-state index < -0.39 is 0 Å². The Kier molecular flexibility index (Phi) is 4.37. The molecule has 3 heteroatoms. The average Bonchev–Trinajstić information content (AvgIpc) is 2.27. The summed E-state index contributed by atoms with van der Waals surface area (Å²) in [7, 11) is 2.14. The van der Waals surface area contributed by atoms with Crippen molar-refractivity contribution in [3.63, 3.8) is 0 Å². The summed E-state index contributed by atoms with van der Waals surface area (Å²) in [6.45, 7) is 8.91. The minimum Gasteiger partial charge on any atom is -0.302 e. The van der Waals surface area contributed by atoms with E-state index >= 15 is 0 Å². The highest BCUT2D eigenvalue weighted by Gasteiger charge is 2.24. The second kappa shape index (κ2) is 5.33. The van der Waals surface area contributed by atoms with Crippen molar-refractivity contribution >= 4 is 0 Å². The second-order valence-electron chi connectivity index (χ2n) is 4.41. The first-order chi connectivity index (χ1) is 6.67. The smallest absolute Gasteiger partial charge is 0.0638 e. The molecular formula is C11H21N3. The van der Waals surface area contributed by atoms with Gasteiger partial charge in [0.25, 0.3) is 0 Å². The van der Waals surface area contributed by atoms with Gasteiger partial charge in [-0.1, -0.05) is 13.8 Å². The Balaban J connectivity index is 2.61. The van der Waals surface area contributed by atoms with Gasteiger partial charge < -0.3 is 9.80 Å². The second-order valence-corrected chi connectivity index (χ2v) is 4.41. The Morgan fingerprint density at radius 2 is 2.07 bits per heavy atom. The first-order valence-electron chi connectivity index (χ1n) is 5.46. The van der Waals surface area contributed by atoms with Crippen molar-refractivity contribution in [2.75, 3.05) is 33.2 Å². The van der Waals surface area contributed by atoms with Crippen LogP contribution in [0.4, 0.5) is 0 Å². The zero-order valence-corrected chi connectivity index (χ0v) is 9.53. The summed E-state index contributed by atoms with van der Waals surface area (Å²) in [5, 5.41) is 8.76. The van der Waals surface area contributed by atoms with Crippen LogP contribution in [0, 0.1) is 17.2 Å². The summed E-state index contributed by atoms with van der Waals surface area (Å²) in [5.41, 5.74) is 0. The SMILES string of the molecule is CCN1CC(C)CN(C)C(CC#N)C1. The van der Waals surface area contributed by atoms with Crippen molar-refractivity contribution in [1.29, 1.82) is 5.26 Å². The fourth-order valence-electron chi connectivity index (χ4n) is 2.24. The maximum atomic E-state index is 8.76. The van der Waals surface area contributed by atoms with Gasteiger partial charge in [-0.3, -0.25) is 0 Å². The third-order valence-electron chi connectivity index (χ3n) is 3.04. The number of nitriles is 1. The first-order valence-corrected chi connectivity index (χ1v) is 5.46. The van der Waals surface area contributed by atoms with Gasteiger partial charge in [0.15, 0.2) is 0 Å². The molecule has 0 radical (unpaired) electrons. The minimum absolute atomic E-state index is 0.421. The van der Waals surface area contributed by atoms with Crippen LogP contribution < -0.4 is 0 Å². The standard InChI is InChI=1S/C11H21N3/c1-4-14-8-10(2)7-13(3)11(9-14)5-6-12/h10-11H,4-5,7-9H2,1-3H3. The quantitative estimate of drug-likeness (QED) is 0.662. The van der Waals surface area contributed by atoms with Crippen LogP contribution in [0.3, 0.4) is 0 Å². The Morgan fingerprint density at radius 1 is 1.36 bits per heavy atom. The lowest BCUT2D eigenvalue weighted by Gasteiger charge is -2.26. The van der Waals surface area contributed by atoms with E-state index in [2.05, 4.69) is 36.8 Å². The number of hydrogen-bond donors (Lipinski definition) is 0. The molecule has 0 spiro atoms. The lowest BCUT2D eigenvalue weighted by atomic mass is 10.1. The van der Waals surface area contributed by atoms with E-state index in [0.29, 0.717) is 18.4 Å². The van der Waals surface area contributed by atoms with Crippen molar-refractivity contribution in [3.05, 3.63) is 0 Å². The molecule has 1 saturated heterocycles. The van der Waals surface area contributed by atoms with Crippen molar-refractivity contribution in [2.24, 2.45) is 5.92 Å². The number of rotatable bonds is 2. The number of likely N-dealkylation sites (N-methyl/N-ethyl adjacent to an activating group) is 2. The molecule has 0 aromatic carbocycles. The Bertz CT molecular complexity index is 209. The molecule has 80 valence electrons. The predicted molar refractivity (Wildman–Crippen MR) is 57.9 cm³/mol. The van der Waals surface area contributed by atoms with Gasteiger partial charge in [-0.25, -0.2) is 0 Å². The van der Waals surface area contributed by atoms with E-state index in [0.717, 1.165) is 19.6 Å². The Hall–Kier alpha value is -0.590. The highest BCUT2D eigenvalue weighted by atomic mass is 15.2. The largest absolute Gasteiger partial charge is 0.302 e. The Morgan fingerprint density at radius 3 is 2.64 bits per heavy atom. The summed E-state index contributed by atoms with van der Waals surface area (Å²) in [5.74, 6) is 0.712. The summed E-state index contributed by atoms with van der Waals surface area (Å²) < 4.78 is 0. The number of nitrogens with zero attached hydrogens (tertiary/aromatic N) is 3. The fourth-order valence-corrected chi connectivity index (χ4v) is 2.24. The van der Waals surface area contributed by atoms with E-state index in [4.69, 9.17) is 5.26 Å². The van der Waals surface area contributed by atoms with Gasteiger partial charge in [0, 0.05) is 25.7 Å². The van der Waals surface area contributed by atoms with Crippen LogP contribution in [0.5, 0.6) is 0 Å². The fraction of sp³-hybridized carbons (Fsp3) is 0.909. The zero-order chi connectivity index (χ0) is 10.6. The highest BCUT2D eigenvalue weighted by Crippen LogP contribution is 2.14. The highest BCUT2D eigenvalue weighted by molar-refractivity contribution is 4.87. The summed E-state index contributed by atoms with van der Waals surface area (Å²) in [6.07, 6.45) is 0.653. The number of hydrogen-bond acceptors (Lipinski definition) is 3. The van der Waals surface area contributed by atoms with Crippen LogP contribution in [-0.4, -0.2) is 49.1 Å². The minimum atomic E-state index is 0.421. The Labute approximate surface area is 87.3 Å². The van der Waals surface area contributed by atoms with E-state index in [1.165, 1.54) is 6.54 Å². The average molecular weight is 195 g/mol. The van der Waals surface area contributed by atoms with Crippen molar-refractivity contribution in [1.82, 2.24) is 9.80 Å². The van der Waals surface area contributed by atoms with Crippen LogP contribution in [0.2, 0.25) is 0 Å². The van der Waals surface area contributed by atoms with E-state index in [-0.39, 0.29) is 0 Å². The van der Waals surface area contributed by atoms with Gasteiger partial charge in [0.1, 0.15) is 0 Å². The molecule has 0 aromatic heterocycles. The van der Waals surface area contributed by atoms with Crippen molar-refractivity contribution in [2.45, 2.75) is 26.3 Å². The van der Waals surface area contributed by atoms with Crippen LogP contribution in [0.1, 0.15) is 20.3 Å². The molecule has 1 rings (SSSR count). The first kappa shape index (κ1) is 11.5. The molecule has 1 aliphatic rings. The molecule has 0 amide bonds. The third kappa shape index (κ3) is 2.97. The van der Waals surface area contributed by atoms with Gasteiger partial charge in [-0.15, -0.1) is 0 Å². The molecule has 2 unspecified atom stereocenters. The molecule has 0 aromatic rings. The maximum absolute atomic E-state index is 8.76. The van der Waals surface area contributed by atoms with E-state index in [1.807, 2.05) is 0 Å². The predicted octanol–water partition coefficient (Wildman–Crippen LogP) is 1.17. The summed E-state index contributed by atoms with van der Waals surface area (Å²) >= 11 is 0. The molecule has 1 heterocycles. The van der Waals surface area contributed by atoms with Crippen LogP contribution in [0.15, 0.2) is 0 Å². The van der Waals surface area contributed by atoms with Gasteiger partial charge in [0.05, 0.1) is 12.5 Å². The zero-order valence-electron chi connectivity index (χ0n) is 9.53. The topological polar surface area (TPSA) is 30.3 Å². The van der Waals surface area contributed by atoms with Crippen molar-refractivity contribution in [3.8, 4) is 6.07 Å². The van der Waals surface area contributed by atoms with Gasteiger partial charge in [0.2, 0.25) is 0 Å². The molecule has 3 nitrogen and oxygen atoms in total. The summed E-state index contributed by atoms with van der Waals surface area (Å²) in [6, 6.07) is 2.71. The molecule has 0 N–H and O–H groups in total.